The molecule has 1 aliphatic carbocycles. The lowest BCUT2D eigenvalue weighted by Gasteiger charge is -2.09. The number of unbranched alkanes of at least 4 members (excludes halogenated alkanes) is 4. The summed E-state index contributed by atoms with van der Waals surface area (Å²) in [6.07, 6.45) is 8.54. The van der Waals surface area contributed by atoms with E-state index >= 15 is 0 Å². The molecule has 0 N–H and O–H groups in total. The number of allylic oxidation sites excluding steroid dienone is 3. The third-order valence-corrected chi connectivity index (χ3v) is 16.3. The van der Waals surface area contributed by atoms with E-state index in [4.69, 9.17) is 4.74 Å². The van der Waals surface area contributed by atoms with Gasteiger partial charge in [-0.25, -0.2) is 8.42 Å². The van der Waals surface area contributed by atoms with Gasteiger partial charge in [0.05, 0.1) is 57.5 Å². The van der Waals surface area contributed by atoms with Crippen LogP contribution in [0.5, 0.6) is 0 Å². The summed E-state index contributed by atoms with van der Waals surface area (Å²) in [5.74, 6) is -2.66. The van der Waals surface area contributed by atoms with Crippen LogP contribution in [0.25, 0.3) is 11.1 Å². The summed E-state index contributed by atoms with van der Waals surface area (Å²) in [4.78, 5) is 62.4. The Kier molecular flexibility index (Phi) is 13.2. The van der Waals surface area contributed by atoms with E-state index in [1.807, 2.05) is 30.4 Å². The van der Waals surface area contributed by atoms with Crippen molar-refractivity contribution in [3.63, 3.8) is 0 Å². The maximum absolute atomic E-state index is 13.4. The first-order valence-corrected chi connectivity index (χ1v) is 21.7. The molecule has 0 unspecified atom stereocenters. The summed E-state index contributed by atoms with van der Waals surface area (Å²) in [6.45, 7) is 6.26. The third-order valence-electron chi connectivity index (χ3n) is 8.61. The Balaban J connectivity index is 1.26. The normalized spacial score (nSPS) is 15.3. The second kappa shape index (κ2) is 17.2. The average Bonchev–Trinajstić information content (AvgIpc) is 3.78. The average molecular weight is 822 g/mol. The van der Waals surface area contributed by atoms with Crippen molar-refractivity contribution in [2.24, 2.45) is 0 Å². The number of benzene rings is 2. The standard InChI is InChI=1S/C34H35N3O11S5/c1-4-6-8-10-26-27(11-9-7-5-2)51-34(50-26)33-49-19(3)28(52-33)18-48-29(38)12-13-53(46,47)21-16-23-31(25(17-21)37(44)45)30-22(32(23)39)14-20(35(40)41)15-24(30)36(42)43/h14-17H,4-13,18H2,1-3H3. The van der Waals surface area contributed by atoms with Crippen molar-refractivity contribution < 1.29 is 37.5 Å². The number of rotatable bonds is 17. The molecule has 0 amide bonds. The van der Waals surface area contributed by atoms with Gasteiger partial charge in [0.15, 0.2) is 15.6 Å². The van der Waals surface area contributed by atoms with Crippen molar-refractivity contribution in [2.45, 2.75) is 83.5 Å². The van der Waals surface area contributed by atoms with Gasteiger partial charge < -0.3 is 4.74 Å². The zero-order valence-electron chi connectivity index (χ0n) is 29.0. The van der Waals surface area contributed by atoms with Gasteiger partial charge in [-0.15, -0.1) is 0 Å². The van der Waals surface area contributed by atoms with E-state index in [2.05, 4.69) is 13.8 Å². The van der Waals surface area contributed by atoms with Crippen molar-refractivity contribution in [3.05, 3.63) is 93.8 Å². The zero-order chi connectivity index (χ0) is 38.6. The molecule has 0 saturated heterocycles. The Hall–Kier alpha value is -3.65. The fourth-order valence-electron chi connectivity index (χ4n) is 5.88. The number of ketones is 1. The summed E-state index contributed by atoms with van der Waals surface area (Å²) in [5.41, 5.74) is -4.69. The van der Waals surface area contributed by atoms with Gasteiger partial charge in [0.1, 0.15) is 6.61 Å². The number of nitro groups is 3. The Morgan fingerprint density at radius 3 is 1.81 bits per heavy atom. The number of thioether (sulfide) groups is 4. The Morgan fingerprint density at radius 2 is 1.26 bits per heavy atom. The number of hydrogen-bond acceptors (Lipinski definition) is 15. The van der Waals surface area contributed by atoms with E-state index in [9.17, 15) is 48.3 Å². The molecule has 5 rings (SSSR count). The number of fused-ring (bicyclic) bond motifs is 3. The van der Waals surface area contributed by atoms with Gasteiger partial charge in [-0.1, -0.05) is 86.6 Å². The van der Waals surface area contributed by atoms with E-state index in [-0.39, 0.29) is 6.61 Å². The highest BCUT2D eigenvalue weighted by molar-refractivity contribution is 8.34. The summed E-state index contributed by atoms with van der Waals surface area (Å²) in [7, 11) is -4.43. The van der Waals surface area contributed by atoms with Crippen molar-refractivity contribution in [1.82, 2.24) is 0 Å². The molecule has 53 heavy (non-hydrogen) atoms. The van der Waals surface area contributed by atoms with E-state index in [0.717, 1.165) is 64.7 Å². The molecule has 3 aliphatic rings. The fraction of sp³-hybridized carbons (Fsp3) is 0.412. The minimum atomic E-state index is -4.43. The number of non-ortho nitro benzene ring substituents is 1. The molecule has 282 valence electrons. The molecule has 0 spiro atoms. The summed E-state index contributed by atoms with van der Waals surface area (Å²) in [5, 5.41) is 35.3. The third kappa shape index (κ3) is 9.01. The van der Waals surface area contributed by atoms with Crippen LogP contribution in [0.15, 0.2) is 57.3 Å². The van der Waals surface area contributed by atoms with Gasteiger partial charge in [0.25, 0.3) is 17.1 Å². The Bertz CT molecular complexity index is 2100. The number of hydrogen-bond donors (Lipinski definition) is 0. The van der Waals surface area contributed by atoms with Crippen LogP contribution in [0, 0.1) is 30.3 Å². The van der Waals surface area contributed by atoms with Crippen LogP contribution < -0.4 is 0 Å². The van der Waals surface area contributed by atoms with E-state index in [1.54, 1.807) is 11.8 Å². The smallest absolute Gasteiger partial charge is 0.307 e. The topological polar surface area (TPSA) is 207 Å². The van der Waals surface area contributed by atoms with E-state index < -0.39 is 92.7 Å². The largest absolute Gasteiger partial charge is 0.460 e. The number of carbonyl (C=O) groups excluding carboxylic acids is 2. The predicted molar refractivity (Wildman–Crippen MR) is 208 cm³/mol. The van der Waals surface area contributed by atoms with Crippen LogP contribution in [0.4, 0.5) is 17.1 Å². The minimum Gasteiger partial charge on any atom is -0.460 e. The number of nitrogens with zero attached hydrogens (tertiary/aromatic N) is 3. The van der Waals surface area contributed by atoms with Crippen LogP contribution in [0.3, 0.4) is 0 Å². The van der Waals surface area contributed by atoms with Gasteiger partial charge in [-0.2, -0.15) is 0 Å². The number of nitro benzene ring substituents is 3. The van der Waals surface area contributed by atoms with Crippen molar-refractivity contribution in [3.8, 4) is 11.1 Å². The molecule has 0 saturated carbocycles. The van der Waals surface area contributed by atoms with Crippen LogP contribution in [-0.4, -0.2) is 47.3 Å². The predicted octanol–water partition coefficient (Wildman–Crippen LogP) is 10.0. The van der Waals surface area contributed by atoms with E-state index in [0.29, 0.717) is 12.1 Å². The molecule has 2 aromatic carbocycles. The number of ether oxygens (including phenoxy) is 1. The molecule has 0 bridgehead atoms. The van der Waals surface area contributed by atoms with Crippen LogP contribution >= 0.6 is 47.0 Å². The molecule has 0 aromatic heterocycles. The van der Waals surface area contributed by atoms with Gasteiger partial charge >= 0.3 is 5.97 Å². The first-order chi connectivity index (χ1) is 25.2. The van der Waals surface area contributed by atoms with Crippen LogP contribution in [0.2, 0.25) is 0 Å². The molecule has 19 heteroatoms. The Labute approximate surface area is 322 Å². The molecule has 0 radical (unpaired) electrons. The lowest BCUT2D eigenvalue weighted by Crippen LogP contribution is -2.15. The first kappa shape index (κ1) is 40.5. The summed E-state index contributed by atoms with van der Waals surface area (Å²) in [6, 6.07) is 2.85. The molecule has 2 aliphatic heterocycles. The van der Waals surface area contributed by atoms with Gasteiger partial charge in [-0.3, -0.25) is 39.9 Å². The van der Waals surface area contributed by atoms with Crippen LogP contribution in [0.1, 0.15) is 94.5 Å². The maximum atomic E-state index is 13.4. The van der Waals surface area contributed by atoms with E-state index in [1.165, 1.54) is 38.7 Å². The molecule has 2 aromatic rings. The molecule has 0 atom stereocenters. The first-order valence-electron chi connectivity index (χ1n) is 16.8. The summed E-state index contributed by atoms with van der Waals surface area (Å²) >= 11 is 6.83. The van der Waals surface area contributed by atoms with Crippen LogP contribution in [-0.2, 0) is 19.4 Å². The maximum Gasteiger partial charge on any atom is 0.307 e. The minimum absolute atomic E-state index is 0.0589. The monoisotopic (exact) mass is 821 g/mol. The van der Waals surface area contributed by atoms with Crippen molar-refractivity contribution in [1.29, 1.82) is 0 Å². The lowest BCUT2D eigenvalue weighted by atomic mass is 10.0. The molecule has 0 fully saturated rings. The highest BCUT2D eigenvalue weighted by atomic mass is 32.2. The SMILES string of the molecule is CCCCCC1=C(CCCCC)SC(=C2SC(C)=C(COC(=O)CCS(=O)(=O)c3cc4c(c([N+](=O)[O-])c3)-c3c(cc([N+](=O)[O-])cc3[N+](=O)[O-])C4=O)S2)S1. The van der Waals surface area contributed by atoms with Gasteiger partial charge in [0, 0.05) is 42.9 Å². The van der Waals surface area contributed by atoms with Gasteiger partial charge in [-0.05, 0) is 38.7 Å². The summed E-state index contributed by atoms with van der Waals surface area (Å²) < 4.78 is 34.5. The quantitative estimate of drug-likeness (QED) is 0.0537. The molecule has 14 nitrogen and oxygen atoms in total. The highest BCUT2D eigenvalue weighted by Crippen LogP contribution is 2.61. The van der Waals surface area contributed by atoms with Crippen molar-refractivity contribution in [2.75, 3.05) is 12.4 Å². The fourth-order valence-corrected chi connectivity index (χ4v) is 12.9. The number of sulfone groups is 1. The highest BCUT2D eigenvalue weighted by Gasteiger charge is 2.42. The molecule has 2 heterocycles. The molecular weight excluding hydrogens is 787 g/mol. The Morgan fingerprint density at radius 1 is 0.736 bits per heavy atom. The lowest BCUT2D eigenvalue weighted by molar-refractivity contribution is -0.394. The second-order valence-corrected chi connectivity index (χ2v) is 19.5. The zero-order valence-corrected chi connectivity index (χ0v) is 33.0. The van der Waals surface area contributed by atoms with Gasteiger partial charge in [0.2, 0.25) is 0 Å². The number of esters is 1. The molecular formula is C34H35N3O11S5. The number of carbonyl (C=O) groups is 2. The van der Waals surface area contributed by atoms with Crippen molar-refractivity contribution >= 4 is 85.7 Å². The second-order valence-electron chi connectivity index (χ2n) is 12.3.